The summed E-state index contributed by atoms with van der Waals surface area (Å²) in [4.78, 5) is 9.65. The maximum absolute atomic E-state index is 9.65. The van der Waals surface area contributed by atoms with Crippen molar-refractivity contribution in [3.63, 3.8) is 0 Å². The number of carboxylic acid groups (broad SMARTS) is 1. The largest absolute Gasteiger partial charge is 0.480 e. The van der Waals surface area contributed by atoms with E-state index < -0.39 is 18.6 Å². The van der Waals surface area contributed by atoms with Crippen LogP contribution >= 0.6 is 0 Å². The highest BCUT2D eigenvalue weighted by atomic mass is 16.4. The molecular weight excluding hydrogens is 304 g/mol. The number of hydrogen-bond donors (Lipinski definition) is 3. The molecule has 0 amide bonds. The van der Waals surface area contributed by atoms with Crippen LogP contribution in [0.3, 0.4) is 0 Å². The quantitative estimate of drug-likeness (QED) is 0.421. The predicted molar refractivity (Wildman–Crippen MR) is 102 cm³/mol. The van der Waals surface area contributed by atoms with Gasteiger partial charge in [0.1, 0.15) is 6.04 Å². The van der Waals surface area contributed by atoms with Crippen molar-refractivity contribution < 1.29 is 19.5 Å². The van der Waals surface area contributed by atoms with Gasteiger partial charge in [0.05, 0.1) is 32.8 Å². The Morgan fingerprint density at radius 2 is 1.12 bits per heavy atom. The maximum atomic E-state index is 9.65. The Morgan fingerprint density at radius 1 is 0.833 bits per heavy atom. The van der Waals surface area contributed by atoms with Crippen molar-refractivity contribution in [2.24, 2.45) is 5.73 Å². The second kappa shape index (κ2) is 17.2. The van der Waals surface area contributed by atoms with Crippen molar-refractivity contribution in [2.45, 2.75) is 85.1 Å². The number of aliphatic hydroxyl groups excluding tert-OH is 1. The summed E-state index contributed by atoms with van der Waals surface area (Å²) in [6, 6.07) is -1.13. The minimum Gasteiger partial charge on any atom is -0.480 e. The predicted octanol–water partition coefficient (Wildman–Crippen LogP) is 3.39. The number of quaternary nitrogens is 1. The van der Waals surface area contributed by atoms with Crippen molar-refractivity contribution >= 4 is 5.97 Å². The van der Waals surface area contributed by atoms with Crippen molar-refractivity contribution in [2.75, 3.05) is 32.8 Å². The third kappa shape index (κ3) is 13.8. The number of rotatable bonds is 14. The second-order valence-corrected chi connectivity index (χ2v) is 6.78. The van der Waals surface area contributed by atoms with E-state index >= 15 is 0 Å². The molecule has 4 N–H and O–H groups in total. The van der Waals surface area contributed by atoms with Crippen LogP contribution in [-0.2, 0) is 4.79 Å². The molecule has 0 saturated heterocycles. The van der Waals surface area contributed by atoms with Gasteiger partial charge in [-0.1, -0.05) is 53.4 Å². The Kier molecular flexibility index (Phi) is 18.3. The van der Waals surface area contributed by atoms with Crippen LogP contribution in [0.1, 0.15) is 79.1 Å². The lowest BCUT2D eigenvalue weighted by atomic mass is 10.1. The van der Waals surface area contributed by atoms with Gasteiger partial charge in [0.15, 0.2) is 0 Å². The van der Waals surface area contributed by atoms with E-state index in [-0.39, 0.29) is 0 Å². The van der Waals surface area contributed by atoms with Gasteiger partial charge < -0.3 is 20.4 Å². The number of aliphatic carboxylic acids is 1. The molecule has 0 heterocycles. The topological polar surface area (TPSA) is 83.5 Å². The molecule has 5 nitrogen and oxygen atoms in total. The molecule has 0 bridgehead atoms. The van der Waals surface area contributed by atoms with Gasteiger partial charge in [-0.25, -0.2) is 0 Å². The maximum Gasteiger partial charge on any atom is 0.322 e. The monoisotopic (exact) mass is 347 g/mol. The lowest BCUT2D eigenvalue weighted by molar-refractivity contribution is -0.929. The summed E-state index contributed by atoms with van der Waals surface area (Å²) >= 11 is 0. The van der Waals surface area contributed by atoms with Crippen LogP contribution in [-0.4, -0.2) is 59.5 Å². The van der Waals surface area contributed by atoms with Crippen molar-refractivity contribution in [3.8, 4) is 0 Å². The Balaban J connectivity index is 0. The van der Waals surface area contributed by atoms with E-state index in [9.17, 15) is 4.79 Å². The standard InChI is InChI=1S/C16H36N.C3H7NO3/c1-5-9-13-17(14-10-6-2,15-11-7-3)16-12-8-4;4-2(1-5)3(6)7/h5-16H2,1-4H3;2,5H,1,4H2,(H,6,7)/q+1;/t;2-/m.0/s1. The lowest BCUT2D eigenvalue weighted by Gasteiger charge is -2.39. The molecule has 146 valence electrons. The molecule has 0 saturated carbocycles. The summed E-state index contributed by atoms with van der Waals surface area (Å²) in [6.45, 7) is 14.5. The molecule has 0 aliphatic carbocycles. The van der Waals surface area contributed by atoms with Gasteiger partial charge in [-0.15, -0.1) is 0 Å². The van der Waals surface area contributed by atoms with Crippen molar-refractivity contribution in [3.05, 3.63) is 0 Å². The van der Waals surface area contributed by atoms with Gasteiger partial charge in [-0.2, -0.15) is 0 Å². The molecule has 0 aliphatic heterocycles. The van der Waals surface area contributed by atoms with Crippen LogP contribution in [0.25, 0.3) is 0 Å². The highest BCUT2D eigenvalue weighted by Gasteiger charge is 2.24. The number of aliphatic hydroxyl groups is 1. The van der Waals surface area contributed by atoms with Gasteiger partial charge in [-0.05, 0) is 25.7 Å². The third-order valence-electron chi connectivity index (χ3n) is 4.46. The van der Waals surface area contributed by atoms with E-state index in [0.717, 1.165) is 0 Å². The Morgan fingerprint density at radius 3 is 1.25 bits per heavy atom. The number of unbranched alkanes of at least 4 members (excludes halogenated alkanes) is 4. The summed E-state index contributed by atoms with van der Waals surface area (Å²) in [6.07, 6.45) is 11.1. The van der Waals surface area contributed by atoms with Crippen molar-refractivity contribution in [1.82, 2.24) is 0 Å². The van der Waals surface area contributed by atoms with Gasteiger partial charge in [0.25, 0.3) is 0 Å². The molecule has 0 spiro atoms. The van der Waals surface area contributed by atoms with Crippen molar-refractivity contribution in [1.29, 1.82) is 0 Å². The highest BCUT2D eigenvalue weighted by Crippen LogP contribution is 2.16. The zero-order valence-corrected chi connectivity index (χ0v) is 16.6. The van der Waals surface area contributed by atoms with Crippen LogP contribution in [0.15, 0.2) is 0 Å². The molecule has 0 rings (SSSR count). The Hall–Kier alpha value is -0.650. The van der Waals surface area contributed by atoms with Crippen LogP contribution in [0.5, 0.6) is 0 Å². The first-order valence-electron chi connectivity index (χ1n) is 9.87. The summed E-state index contributed by atoms with van der Waals surface area (Å²) in [5.74, 6) is -1.18. The summed E-state index contributed by atoms with van der Waals surface area (Å²) < 4.78 is 1.42. The Labute approximate surface area is 149 Å². The zero-order chi connectivity index (χ0) is 18.8. The first-order chi connectivity index (χ1) is 11.4. The van der Waals surface area contributed by atoms with E-state index in [1.807, 2.05) is 0 Å². The lowest BCUT2D eigenvalue weighted by Crippen LogP contribution is -2.50. The minimum absolute atomic E-state index is 0.505. The average Bonchev–Trinajstić information content (AvgIpc) is 2.60. The number of nitrogens with zero attached hydrogens (tertiary/aromatic N) is 1. The number of carboxylic acids is 1. The summed E-state index contributed by atoms with van der Waals surface area (Å²) in [5, 5.41) is 15.9. The van der Waals surface area contributed by atoms with Crippen LogP contribution < -0.4 is 5.73 Å². The van der Waals surface area contributed by atoms with Crippen LogP contribution in [0.4, 0.5) is 0 Å². The first kappa shape index (κ1) is 25.6. The van der Waals surface area contributed by atoms with Crippen LogP contribution in [0, 0.1) is 0 Å². The summed E-state index contributed by atoms with van der Waals surface area (Å²) in [7, 11) is 0. The third-order valence-corrected chi connectivity index (χ3v) is 4.46. The van der Waals surface area contributed by atoms with Gasteiger partial charge in [0.2, 0.25) is 0 Å². The molecule has 24 heavy (non-hydrogen) atoms. The second-order valence-electron chi connectivity index (χ2n) is 6.78. The molecule has 0 fully saturated rings. The highest BCUT2D eigenvalue weighted by molar-refractivity contribution is 5.73. The van der Waals surface area contributed by atoms with E-state index in [2.05, 4.69) is 27.7 Å². The molecule has 0 aromatic heterocycles. The minimum atomic E-state index is -1.18. The molecular formula is C19H43N2O3+. The number of nitrogens with two attached hydrogens (primary N) is 1. The molecule has 0 aliphatic rings. The fourth-order valence-corrected chi connectivity index (χ4v) is 2.72. The fraction of sp³-hybridized carbons (Fsp3) is 0.947. The van der Waals surface area contributed by atoms with E-state index in [4.69, 9.17) is 15.9 Å². The fourth-order valence-electron chi connectivity index (χ4n) is 2.72. The first-order valence-corrected chi connectivity index (χ1v) is 9.87. The van der Waals surface area contributed by atoms with Gasteiger partial charge in [0, 0.05) is 0 Å². The van der Waals surface area contributed by atoms with Crippen LogP contribution in [0.2, 0.25) is 0 Å². The molecule has 0 aromatic carbocycles. The van der Waals surface area contributed by atoms with E-state index in [0.29, 0.717) is 0 Å². The number of hydrogen-bond acceptors (Lipinski definition) is 3. The molecule has 0 aromatic rings. The molecule has 5 heteroatoms. The average molecular weight is 348 g/mol. The van der Waals surface area contributed by atoms with Gasteiger partial charge in [-0.3, -0.25) is 4.79 Å². The van der Waals surface area contributed by atoms with Gasteiger partial charge >= 0.3 is 5.97 Å². The normalized spacial score (nSPS) is 12.4. The molecule has 0 radical (unpaired) electrons. The Bertz CT molecular complexity index is 248. The smallest absolute Gasteiger partial charge is 0.322 e. The number of carbonyl (C=O) groups is 1. The molecule has 0 unspecified atom stereocenters. The summed E-state index contributed by atoms with van der Waals surface area (Å²) in [5.41, 5.74) is 4.77. The SMILES string of the molecule is CCCC[N+](CCCC)(CCCC)CCCC.N[C@@H](CO)C(=O)O. The molecule has 1 atom stereocenters. The van der Waals surface area contributed by atoms with E-state index in [1.54, 1.807) is 0 Å². The van der Waals surface area contributed by atoms with E-state index in [1.165, 1.54) is 82.0 Å². The zero-order valence-electron chi connectivity index (χ0n) is 16.6.